The van der Waals surface area contributed by atoms with E-state index in [1.807, 2.05) is 17.4 Å². The van der Waals surface area contributed by atoms with Crippen molar-refractivity contribution in [1.29, 1.82) is 5.26 Å². The van der Waals surface area contributed by atoms with Crippen molar-refractivity contribution in [3.8, 4) is 34.0 Å². The van der Waals surface area contributed by atoms with Crippen LogP contribution in [0.3, 0.4) is 0 Å². The van der Waals surface area contributed by atoms with Gasteiger partial charge >= 0.3 is 0 Å². The summed E-state index contributed by atoms with van der Waals surface area (Å²) in [5, 5.41) is 15.0. The second kappa shape index (κ2) is 8.67. The maximum Gasteiger partial charge on any atom is 0.0992 e. The fourth-order valence-electron chi connectivity index (χ4n) is 7.44. The highest BCUT2D eigenvalue weighted by molar-refractivity contribution is 7.26. The van der Waals surface area contributed by atoms with Crippen molar-refractivity contribution in [2.24, 2.45) is 0 Å². The molecule has 0 saturated heterocycles. The first kappa shape index (κ1) is 24.4. The van der Waals surface area contributed by atoms with Crippen LogP contribution >= 0.6 is 11.3 Å². The number of hydrogen-bond acceptors (Lipinski definition) is 2. The van der Waals surface area contributed by atoms with Gasteiger partial charge in [-0.05, 0) is 70.3 Å². The van der Waals surface area contributed by atoms with Crippen LogP contribution in [-0.4, -0.2) is 4.57 Å². The monoisotopic (exact) mass is 566 g/mol. The van der Waals surface area contributed by atoms with Gasteiger partial charge < -0.3 is 4.57 Å². The van der Waals surface area contributed by atoms with Gasteiger partial charge in [-0.2, -0.15) is 5.26 Å². The van der Waals surface area contributed by atoms with E-state index in [1.54, 1.807) is 0 Å². The van der Waals surface area contributed by atoms with Crippen molar-refractivity contribution in [3.05, 3.63) is 138 Å². The van der Waals surface area contributed by atoms with E-state index in [4.69, 9.17) is 0 Å². The minimum Gasteiger partial charge on any atom is -0.309 e. The zero-order valence-electron chi connectivity index (χ0n) is 23.8. The smallest absolute Gasteiger partial charge is 0.0992 e. The lowest BCUT2D eigenvalue weighted by molar-refractivity contribution is 0.661. The Labute approximate surface area is 253 Å². The summed E-state index contributed by atoms with van der Waals surface area (Å²) in [5.41, 5.74) is 11.7. The predicted molar refractivity (Wildman–Crippen MR) is 181 cm³/mol. The van der Waals surface area contributed by atoms with Crippen molar-refractivity contribution in [2.45, 2.75) is 19.3 Å². The van der Waals surface area contributed by atoms with Gasteiger partial charge in [-0.15, -0.1) is 11.3 Å². The Kier molecular flexibility index (Phi) is 4.93. The van der Waals surface area contributed by atoms with Crippen molar-refractivity contribution in [1.82, 2.24) is 4.57 Å². The summed E-state index contributed by atoms with van der Waals surface area (Å²) < 4.78 is 4.93. The molecular formula is C40H26N2S. The van der Waals surface area contributed by atoms with E-state index in [9.17, 15) is 5.26 Å². The minimum absolute atomic E-state index is 0.0318. The molecule has 2 heterocycles. The van der Waals surface area contributed by atoms with E-state index in [-0.39, 0.29) is 5.41 Å². The van der Waals surface area contributed by atoms with Crippen molar-refractivity contribution in [3.63, 3.8) is 0 Å². The Bertz CT molecular complexity index is 2450. The van der Waals surface area contributed by atoms with Gasteiger partial charge in [0.25, 0.3) is 0 Å². The van der Waals surface area contributed by atoms with Gasteiger partial charge in [-0.3, -0.25) is 0 Å². The second-order valence-corrected chi connectivity index (χ2v) is 13.1. The molecule has 0 N–H and O–H groups in total. The number of nitriles is 1. The highest BCUT2D eigenvalue weighted by atomic mass is 32.1. The van der Waals surface area contributed by atoms with Crippen LogP contribution in [-0.2, 0) is 5.41 Å². The van der Waals surface area contributed by atoms with Crippen LogP contribution in [0.1, 0.15) is 30.5 Å². The minimum atomic E-state index is -0.0318. The molecule has 3 heteroatoms. The van der Waals surface area contributed by atoms with Gasteiger partial charge in [0.2, 0.25) is 0 Å². The molecule has 0 aliphatic heterocycles. The van der Waals surface area contributed by atoms with Crippen molar-refractivity contribution >= 4 is 53.3 Å². The molecule has 2 nitrogen and oxygen atoms in total. The zero-order chi connectivity index (χ0) is 28.9. The summed E-state index contributed by atoms with van der Waals surface area (Å²) in [6.45, 7) is 4.69. The van der Waals surface area contributed by atoms with Crippen LogP contribution in [0.2, 0.25) is 0 Å². The first-order valence-corrected chi connectivity index (χ1v) is 15.5. The normalized spacial score (nSPS) is 13.5. The van der Waals surface area contributed by atoms with E-state index in [0.29, 0.717) is 5.56 Å². The van der Waals surface area contributed by atoms with Crippen molar-refractivity contribution in [2.75, 3.05) is 0 Å². The summed E-state index contributed by atoms with van der Waals surface area (Å²) >= 11 is 1.87. The van der Waals surface area contributed by atoms with Gasteiger partial charge in [0, 0.05) is 41.9 Å². The molecule has 8 aromatic rings. The standard InChI is InChI=1S/C40H26N2S/c1-40(2)32-14-6-3-10-25(32)30-21-31-38(22-33(30)40)43-37-17-9-13-29(39(31)37)28-19-18-24(23-41)20-36(28)42-34-15-7-4-11-26(34)27-12-5-8-16-35(27)42/h3-22H,1-2H3. The molecule has 9 rings (SSSR count). The lowest BCUT2D eigenvalue weighted by Crippen LogP contribution is -2.14. The van der Waals surface area contributed by atoms with Gasteiger partial charge in [0.1, 0.15) is 0 Å². The van der Waals surface area contributed by atoms with E-state index in [0.717, 1.165) is 22.3 Å². The predicted octanol–water partition coefficient (Wildman–Crippen LogP) is 11.0. The first-order chi connectivity index (χ1) is 21.0. The fraction of sp³-hybridized carbons (Fsp3) is 0.0750. The Morgan fingerprint density at radius 2 is 1.28 bits per heavy atom. The molecule has 0 radical (unpaired) electrons. The quantitative estimate of drug-likeness (QED) is 0.205. The number of benzene rings is 6. The van der Waals surface area contributed by atoms with Crippen LogP contribution in [0.25, 0.3) is 69.9 Å². The summed E-state index contributed by atoms with van der Waals surface area (Å²) in [5.74, 6) is 0. The average molecular weight is 567 g/mol. The number of rotatable bonds is 2. The number of fused-ring (bicyclic) bond motifs is 9. The number of aromatic nitrogens is 1. The topological polar surface area (TPSA) is 28.7 Å². The van der Waals surface area contributed by atoms with Crippen LogP contribution in [0.4, 0.5) is 0 Å². The number of para-hydroxylation sites is 2. The average Bonchev–Trinajstić information content (AvgIpc) is 3.66. The van der Waals surface area contributed by atoms with Gasteiger partial charge in [-0.25, -0.2) is 0 Å². The van der Waals surface area contributed by atoms with Gasteiger partial charge in [0.15, 0.2) is 0 Å². The van der Waals surface area contributed by atoms with Crippen LogP contribution in [0, 0.1) is 11.3 Å². The van der Waals surface area contributed by atoms with E-state index < -0.39 is 0 Å². The highest BCUT2D eigenvalue weighted by Gasteiger charge is 2.35. The molecule has 202 valence electrons. The number of nitrogens with zero attached hydrogens (tertiary/aromatic N) is 2. The molecule has 0 fully saturated rings. The Morgan fingerprint density at radius 1 is 0.581 bits per heavy atom. The Morgan fingerprint density at radius 3 is 2.05 bits per heavy atom. The highest BCUT2D eigenvalue weighted by Crippen LogP contribution is 2.52. The molecule has 0 spiro atoms. The summed E-state index contributed by atoms with van der Waals surface area (Å²) in [6, 6.07) is 46.1. The maximum absolute atomic E-state index is 9.98. The van der Waals surface area contributed by atoms with Crippen LogP contribution < -0.4 is 0 Å². The van der Waals surface area contributed by atoms with E-state index in [2.05, 4.69) is 140 Å². The van der Waals surface area contributed by atoms with E-state index in [1.165, 1.54) is 58.8 Å². The number of thiophene rings is 1. The molecule has 0 atom stereocenters. The molecule has 6 aromatic carbocycles. The maximum atomic E-state index is 9.98. The fourth-order valence-corrected chi connectivity index (χ4v) is 8.59. The van der Waals surface area contributed by atoms with Gasteiger partial charge in [-0.1, -0.05) is 92.7 Å². The van der Waals surface area contributed by atoms with Crippen LogP contribution in [0.5, 0.6) is 0 Å². The Hall–Kier alpha value is -5.17. The first-order valence-electron chi connectivity index (χ1n) is 14.7. The summed E-state index contributed by atoms with van der Waals surface area (Å²) in [7, 11) is 0. The van der Waals surface area contributed by atoms with Crippen LogP contribution in [0.15, 0.2) is 121 Å². The van der Waals surface area contributed by atoms with E-state index >= 15 is 0 Å². The molecule has 0 amide bonds. The number of hydrogen-bond donors (Lipinski definition) is 0. The molecule has 43 heavy (non-hydrogen) atoms. The molecule has 0 unspecified atom stereocenters. The lowest BCUT2D eigenvalue weighted by Gasteiger charge is -2.21. The van der Waals surface area contributed by atoms with Crippen molar-refractivity contribution < 1.29 is 0 Å². The lowest BCUT2D eigenvalue weighted by atomic mass is 9.82. The molecule has 2 aromatic heterocycles. The SMILES string of the molecule is CC1(C)c2ccccc2-c2cc3c(cc21)sc1cccc(-c2ccc(C#N)cc2-n2c4ccccc4c4ccccc42)c13. The molecule has 1 aliphatic carbocycles. The summed E-state index contributed by atoms with van der Waals surface area (Å²) in [4.78, 5) is 0. The third kappa shape index (κ3) is 3.27. The van der Waals surface area contributed by atoms with Gasteiger partial charge in [0.05, 0.1) is 28.4 Å². The molecular weight excluding hydrogens is 541 g/mol. The third-order valence-corrected chi connectivity index (χ3v) is 10.6. The third-order valence-electron chi connectivity index (χ3n) is 9.44. The second-order valence-electron chi connectivity index (χ2n) is 12.1. The molecule has 0 bridgehead atoms. The zero-order valence-corrected chi connectivity index (χ0v) is 24.7. The molecule has 0 saturated carbocycles. The summed E-state index contributed by atoms with van der Waals surface area (Å²) in [6.07, 6.45) is 0. The molecule has 1 aliphatic rings. The largest absolute Gasteiger partial charge is 0.309 e. The Balaban J connectivity index is 1.38.